The molecule has 6 rings (SSSR count). The Morgan fingerprint density at radius 3 is 2.54 bits per heavy atom. The lowest BCUT2D eigenvalue weighted by atomic mass is 9.72. The van der Waals surface area contributed by atoms with Crippen molar-refractivity contribution < 1.29 is 4.74 Å². The van der Waals surface area contributed by atoms with Crippen molar-refractivity contribution in [3.05, 3.63) is 29.7 Å². The summed E-state index contributed by atoms with van der Waals surface area (Å²) in [6.07, 6.45) is 14.6. The van der Waals surface area contributed by atoms with Gasteiger partial charge in [0.15, 0.2) is 5.82 Å². The van der Waals surface area contributed by atoms with Gasteiger partial charge >= 0.3 is 0 Å². The molecule has 7 nitrogen and oxygen atoms in total. The second kappa shape index (κ2) is 9.47. The maximum atomic E-state index is 5.72. The van der Waals surface area contributed by atoms with Crippen molar-refractivity contribution in [2.75, 3.05) is 38.2 Å². The number of likely N-dealkylation sites (tertiary alicyclic amines) is 1. The van der Waals surface area contributed by atoms with Crippen LogP contribution < -0.4 is 5.32 Å². The molecule has 190 valence electrons. The molecule has 0 bridgehead atoms. The second-order valence-corrected chi connectivity index (χ2v) is 12.4. The van der Waals surface area contributed by atoms with Crippen LogP contribution in [0.5, 0.6) is 0 Å². The van der Waals surface area contributed by atoms with Gasteiger partial charge in [0.05, 0.1) is 24.2 Å². The summed E-state index contributed by atoms with van der Waals surface area (Å²) in [5.41, 5.74) is 4.35. The minimum absolute atomic E-state index is 0.423. The maximum absolute atomic E-state index is 5.72. The van der Waals surface area contributed by atoms with Gasteiger partial charge in [0.1, 0.15) is 0 Å². The predicted molar refractivity (Wildman–Crippen MR) is 138 cm³/mol. The lowest BCUT2D eigenvalue weighted by Gasteiger charge is -2.45. The van der Waals surface area contributed by atoms with Gasteiger partial charge in [-0.1, -0.05) is 13.3 Å². The third kappa shape index (κ3) is 4.99. The number of anilines is 1. The molecular weight excluding hydrogens is 436 g/mol. The Morgan fingerprint density at radius 1 is 1.06 bits per heavy atom. The number of aryl methyl sites for hydroxylation is 1. The fourth-order valence-corrected chi connectivity index (χ4v) is 6.86. The molecule has 4 fully saturated rings. The summed E-state index contributed by atoms with van der Waals surface area (Å²) < 4.78 is 7.82. The predicted octanol–water partition coefficient (Wildman–Crippen LogP) is 5.10. The van der Waals surface area contributed by atoms with E-state index in [1.807, 2.05) is 6.20 Å². The number of hydrogen-bond acceptors (Lipinski definition) is 6. The van der Waals surface area contributed by atoms with Gasteiger partial charge in [0.2, 0.25) is 0 Å². The fraction of sp³-hybridized carbons (Fsp3) is 0.750. The number of ether oxygens (including phenoxy) is 1. The lowest BCUT2D eigenvalue weighted by molar-refractivity contribution is 0.0461. The average Bonchev–Trinajstić information content (AvgIpc) is 3.43. The Bertz CT molecular complexity index is 1010. The van der Waals surface area contributed by atoms with Crippen molar-refractivity contribution in [2.24, 2.45) is 10.8 Å². The average molecular weight is 479 g/mol. The standard InChI is InChI=1S/C28H42N6O/c1-21-16-25(22-4-3-5-22)34(32-21)24-17-26(31-29-18-24)30-23-6-8-27(2,9-7-23)19-33-13-10-28(11-14-33)12-15-35-20-28/h16-18,22-23H,3-15,19-20H2,1-2H3,(H,30,31). The van der Waals surface area contributed by atoms with E-state index in [2.05, 4.69) is 51.1 Å². The summed E-state index contributed by atoms with van der Waals surface area (Å²) in [4.78, 5) is 2.73. The zero-order valence-electron chi connectivity index (χ0n) is 21.6. The number of aromatic nitrogens is 4. The molecule has 2 aromatic heterocycles. The SMILES string of the molecule is Cc1cc(C2CCC2)n(-c2cnnc(NC3CCC(C)(CN4CCC5(CCOC5)CC4)CC3)c2)n1. The molecule has 4 heterocycles. The molecule has 2 saturated heterocycles. The van der Waals surface area contributed by atoms with E-state index in [-0.39, 0.29) is 0 Å². The lowest BCUT2D eigenvalue weighted by Crippen LogP contribution is -2.46. The van der Waals surface area contributed by atoms with Crippen LogP contribution >= 0.6 is 0 Å². The number of rotatable bonds is 6. The minimum Gasteiger partial charge on any atom is -0.381 e. The van der Waals surface area contributed by atoms with Gasteiger partial charge in [-0.3, -0.25) is 0 Å². The van der Waals surface area contributed by atoms with Crippen LogP contribution in [-0.4, -0.2) is 63.8 Å². The first-order chi connectivity index (χ1) is 17.0. The van der Waals surface area contributed by atoms with Crippen LogP contribution in [0.2, 0.25) is 0 Å². The molecule has 0 unspecified atom stereocenters. The first-order valence-corrected chi connectivity index (χ1v) is 14.0. The zero-order chi connectivity index (χ0) is 23.9. The van der Waals surface area contributed by atoms with Crippen molar-refractivity contribution in [1.82, 2.24) is 24.9 Å². The van der Waals surface area contributed by atoms with Gasteiger partial charge < -0.3 is 15.0 Å². The molecule has 1 N–H and O–H groups in total. The van der Waals surface area contributed by atoms with Crippen LogP contribution in [0.25, 0.3) is 5.69 Å². The van der Waals surface area contributed by atoms with Crippen molar-refractivity contribution in [3.63, 3.8) is 0 Å². The highest BCUT2D eigenvalue weighted by Gasteiger charge is 2.40. The summed E-state index contributed by atoms with van der Waals surface area (Å²) in [5.74, 6) is 1.51. The molecule has 2 aromatic rings. The Kier molecular flexibility index (Phi) is 6.33. The van der Waals surface area contributed by atoms with Crippen molar-refractivity contribution >= 4 is 5.82 Å². The summed E-state index contributed by atoms with van der Waals surface area (Å²) in [7, 11) is 0. The van der Waals surface area contributed by atoms with Crippen molar-refractivity contribution in [2.45, 2.75) is 90.0 Å². The topological polar surface area (TPSA) is 68.1 Å². The fourth-order valence-electron chi connectivity index (χ4n) is 6.86. The van der Waals surface area contributed by atoms with E-state index in [0.717, 1.165) is 30.4 Å². The molecule has 4 aliphatic rings. The van der Waals surface area contributed by atoms with E-state index in [1.54, 1.807) is 0 Å². The Balaban J connectivity index is 1.04. The van der Waals surface area contributed by atoms with Gasteiger partial charge in [-0.25, -0.2) is 4.68 Å². The highest BCUT2D eigenvalue weighted by Crippen LogP contribution is 2.42. The third-order valence-electron chi connectivity index (χ3n) is 9.52. The van der Waals surface area contributed by atoms with E-state index in [0.29, 0.717) is 22.8 Å². The molecule has 0 aromatic carbocycles. The minimum atomic E-state index is 0.423. The largest absolute Gasteiger partial charge is 0.381 e. The van der Waals surface area contributed by atoms with Crippen LogP contribution in [0.3, 0.4) is 0 Å². The summed E-state index contributed by atoms with van der Waals surface area (Å²) >= 11 is 0. The summed E-state index contributed by atoms with van der Waals surface area (Å²) in [6.45, 7) is 10.3. The van der Waals surface area contributed by atoms with Gasteiger partial charge in [0, 0.05) is 36.9 Å². The summed E-state index contributed by atoms with van der Waals surface area (Å²) in [6, 6.07) is 4.84. The number of nitrogens with zero attached hydrogens (tertiary/aromatic N) is 5. The molecule has 2 aliphatic heterocycles. The van der Waals surface area contributed by atoms with E-state index in [1.165, 1.54) is 89.5 Å². The number of hydrogen-bond donors (Lipinski definition) is 1. The number of piperidine rings is 1. The van der Waals surface area contributed by atoms with Crippen molar-refractivity contribution in [3.8, 4) is 5.69 Å². The van der Waals surface area contributed by atoms with Gasteiger partial charge in [-0.05, 0) is 94.7 Å². The Labute approximate surface area is 210 Å². The van der Waals surface area contributed by atoms with Crippen LogP contribution in [0.15, 0.2) is 18.3 Å². The number of nitrogens with one attached hydrogen (secondary N) is 1. The second-order valence-electron chi connectivity index (χ2n) is 12.4. The van der Waals surface area contributed by atoms with E-state index in [9.17, 15) is 0 Å². The quantitative estimate of drug-likeness (QED) is 0.623. The molecule has 0 amide bonds. The zero-order valence-corrected chi connectivity index (χ0v) is 21.6. The van der Waals surface area contributed by atoms with E-state index < -0.39 is 0 Å². The molecule has 0 atom stereocenters. The molecule has 2 saturated carbocycles. The van der Waals surface area contributed by atoms with Crippen LogP contribution in [0, 0.1) is 17.8 Å². The van der Waals surface area contributed by atoms with Crippen molar-refractivity contribution in [1.29, 1.82) is 0 Å². The molecular formula is C28H42N6O. The third-order valence-corrected chi connectivity index (χ3v) is 9.52. The molecule has 35 heavy (non-hydrogen) atoms. The molecule has 7 heteroatoms. The molecule has 0 radical (unpaired) electrons. The first-order valence-electron chi connectivity index (χ1n) is 14.0. The first kappa shape index (κ1) is 23.4. The molecule has 2 aliphatic carbocycles. The van der Waals surface area contributed by atoms with Crippen LogP contribution in [-0.2, 0) is 4.74 Å². The smallest absolute Gasteiger partial charge is 0.151 e. The van der Waals surface area contributed by atoms with Crippen LogP contribution in [0.1, 0.15) is 88.4 Å². The highest BCUT2D eigenvalue weighted by atomic mass is 16.5. The van der Waals surface area contributed by atoms with Gasteiger partial charge in [-0.2, -0.15) is 10.2 Å². The van der Waals surface area contributed by atoms with E-state index in [4.69, 9.17) is 9.84 Å². The normalized spacial score (nSPS) is 29.4. The van der Waals surface area contributed by atoms with E-state index >= 15 is 0 Å². The Hall–Kier alpha value is -1.99. The summed E-state index contributed by atoms with van der Waals surface area (Å²) in [5, 5.41) is 17.2. The Morgan fingerprint density at radius 2 is 1.86 bits per heavy atom. The highest BCUT2D eigenvalue weighted by molar-refractivity contribution is 5.44. The maximum Gasteiger partial charge on any atom is 0.151 e. The van der Waals surface area contributed by atoms with Gasteiger partial charge in [0.25, 0.3) is 0 Å². The van der Waals surface area contributed by atoms with Gasteiger partial charge in [-0.15, -0.1) is 5.10 Å². The van der Waals surface area contributed by atoms with Crippen LogP contribution in [0.4, 0.5) is 5.82 Å². The monoisotopic (exact) mass is 478 g/mol. The molecule has 1 spiro atoms.